The molecule has 2 unspecified atom stereocenters. The van der Waals surface area contributed by atoms with E-state index in [1.165, 1.54) is 18.2 Å². The highest BCUT2D eigenvalue weighted by atomic mass is 35.5. The molecule has 2 heterocycles. The van der Waals surface area contributed by atoms with Crippen molar-refractivity contribution in [2.24, 2.45) is 10.7 Å². The summed E-state index contributed by atoms with van der Waals surface area (Å²) in [5, 5.41) is 6.80. The molecule has 2 aromatic rings. The smallest absolute Gasteiger partial charge is 0.333 e. The molecule has 2 atom stereocenters. The highest BCUT2D eigenvalue weighted by Gasteiger charge is 2.25. The fraction of sp³-hybridized carbons (Fsp3) is 0.375. The topological polar surface area (TPSA) is 77.5 Å². The van der Waals surface area contributed by atoms with Crippen LogP contribution in [0.1, 0.15) is 30.8 Å². The molecule has 0 aliphatic carbocycles. The molecule has 0 radical (unpaired) electrons. The number of amidine groups is 1. The Morgan fingerprint density at radius 3 is 2.88 bits per heavy atom. The highest BCUT2D eigenvalue weighted by Crippen LogP contribution is 2.28. The molecule has 3 rings (SSSR count). The monoisotopic (exact) mass is 387 g/mol. The zero-order valence-electron chi connectivity index (χ0n) is 13.8. The predicted molar refractivity (Wildman–Crippen MR) is 92.0 cm³/mol. The van der Waals surface area contributed by atoms with Crippen LogP contribution in [0.3, 0.4) is 0 Å². The van der Waals surface area contributed by atoms with Crippen molar-refractivity contribution in [1.29, 1.82) is 0 Å². The number of halogens is 4. The Balaban J connectivity index is 1.77. The minimum absolute atomic E-state index is 0.0808. The van der Waals surface area contributed by atoms with Crippen LogP contribution in [0.5, 0.6) is 0 Å². The van der Waals surface area contributed by atoms with E-state index in [9.17, 15) is 13.2 Å². The average molecular weight is 388 g/mol. The summed E-state index contributed by atoms with van der Waals surface area (Å²) < 4.78 is 45.5. The maximum absolute atomic E-state index is 14.2. The standard InChI is InChI=1S/C16H17ClF3N5O/c1-8-7-26-14(15(21)23-8)10-4-9(2-3-12(10)18)22-5-13-11(17)6-25(24-13)16(19)20/h2-4,6,8,14,16,22H,5,7H2,1H3,(H2,21,23). The maximum atomic E-state index is 14.2. The van der Waals surface area contributed by atoms with Gasteiger partial charge in [-0.2, -0.15) is 13.9 Å². The van der Waals surface area contributed by atoms with Crippen molar-refractivity contribution in [2.75, 3.05) is 11.9 Å². The van der Waals surface area contributed by atoms with Gasteiger partial charge in [0.2, 0.25) is 0 Å². The van der Waals surface area contributed by atoms with Gasteiger partial charge in [0.05, 0.1) is 24.2 Å². The van der Waals surface area contributed by atoms with Crippen LogP contribution in [-0.4, -0.2) is 28.3 Å². The van der Waals surface area contributed by atoms with Crippen LogP contribution in [0.25, 0.3) is 0 Å². The zero-order chi connectivity index (χ0) is 18.8. The van der Waals surface area contributed by atoms with Crippen LogP contribution in [-0.2, 0) is 11.3 Å². The summed E-state index contributed by atoms with van der Waals surface area (Å²) in [5.41, 5.74) is 6.91. The van der Waals surface area contributed by atoms with Crippen molar-refractivity contribution in [1.82, 2.24) is 9.78 Å². The van der Waals surface area contributed by atoms with Gasteiger partial charge in [0.25, 0.3) is 0 Å². The second-order valence-corrected chi connectivity index (χ2v) is 6.29. The Labute approximate surface area is 152 Å². The molecule has 1 aromatic carbocycles. The molecule has 6 nitrogen and oxygen atoms in total. The first kappa shape index (κ1) is 18.5. The second-order valence-electron chi connectivity index (χ2n) is 5.89. The Hall–Kier alpha value is -2.26. The summed E-state index contributed by atoms with van der Waals surface area (Å²) in [4.78, 5) is 4.22. The SMILES string of the molecule is CC1COC(c2cc(NCc3nn(C(F)F)cc3Cl)ccc2F)C(N)=N1. The molecule has 0 fully saturated rings. The Morgan fingerprint density at radius 2 is 2.23 bits per heavy atom. The van der Waals surface area contributed by atoms with E-state index in [0.717, 1.165) is 6.20 Å². The largest absolute Gasteiger partial charge is 0.385 e. The van der Waals surface area contributed by atoms with E-state index in [1.807, 2.05) is 6.92 Å². The van der Waals surface area contributed by atoms with Crippen molar-refractivity contribution in [3.8, 4) is 0 Å². The lowest BCUT2D eigenvalue weighted by Crippen LogP contribution is -2.33. The maximum Gasteiger partial charge on any atom is 0.333 e. The number of ether oxygens (including phenoxy) is 1. The van der Waals surface area contributed by atoms with Gasteiger partial charge in [-0.1, -0.05) is 11.6 Å². The molecule has 0 saturated heterocycles. The fourth-order valence-corrected chi connectivity index (χ4v) is 2.80. The minimum atomic E-state index is -2.77. The highest BCUT2D eigenvalue weighted by molar-refractivity contribution is 6.31. The molecule has 26 heavy (non-hydrogen) atoms. The third kappa shape index (κ3) is 3.94. The number of aromatic nitrogens is 2. The second kappa shape index (κ2) is 7.55. The Kier molecular flexibility index (Phi) is 5.38. The van der Waals surface area contributed by atoms with Crippen LogP contribution < -0.4 is 11.1 Å². The van der Waals surface area contributed by atoms with E-state index in [2.05, 4.69) is 15.4 Å². The summed E-state index contributed by atoms with van der Waals surface area (Å²) in [7, 11) is 0. The lowest BCUT2D eigenvalue weighted by Gasteiger charge is -2.25. The molecular formula is C16H17ClF3N5O. The molecule has 0 bridgehead atoms. The van der Waals surface area contributed by atoms with Gasteiger partial charge in [-0.05, 0) is 25.1 Å². The van der Waals surface area contributed by atoms with Crippen LogP contribution in [0.2, 0.25) is 5.02 Å². The molecule has 0 spiro atoms. The number of anilines is 1. The molecular weight excluding hydrogens is 371 g/mol. The van der Waals surface area contributed by atoms with Gasteiger partial charge in [0.1, 0.15) is 23.5 Å². The van der Waals surface area contributed by atoms with Crippen LogP contribution in [0, 0.1) is 5.82 Å². The Morgan fingerprint density at radius 1 is 1.46 bits per heavy atom. The lowest BCUT2D eigenvalue weighted by molar-refractivity contribution is 0.0562. The average Bonchev–Trinajstić information content (AvgIpc) is 2.96. The van der Waals surface area contributed by atoms with E-state index < -0.39 is 18.5 Å². The van der Waals surface area contributed by atoms with Crippen molar-refractivity contribution >= 4 is 23.1 Å². The van der Waals surface area contributed by atoms with E-state index in [0.29, 0.717) is 17.0 Å². The zero-order valence-corrected chi connectivity index (χ0v) is 14.6. The normalized spacial score (nSPS) is 20.3. The number of hydrogen-bond acceptors (Lipinski definition) is 5. The number of hydrogen-bond donors (Lipinski definition) is 2. The van der Waals surface area contributed by atoms with Gasteiger partial charge < -0.3 is 15.8 Å². The van der Waals surface area contributed by atoms with Crippen molar-refractivity contribution in [3.63, 3.8) is 0 Å². The van der Waals surface area contributed by atoms with Crippen LogP contribution in [0.4, 0.5) is 18.9 Å². The summed E-state index contributed by atoms with van der Waals surface area (Å²) in [6, 6.07) is 4.24. The molecule has 140 valence electrons. The fourth-order valence-electron chi connectivity index (χ4n) is 2.60. The predicted octanol–water partition coefficient (Wildman–Crippen LogP) is 3.50. The van der Waals surface area contributed by atoms with Crippen LogP contribution in [0.15, 0.2) is 29.4 Å². The summed E-state index contributed by atoms with van der Waals surface area (Å²) >= 11 is 5.90. The van der Waals surface area contributed by atoms with Gasteiger partial charge in [0.15, 0.2) is 0 Å². The van der Waals surface area contributed by atoms with E-state index in [4.69, 9.17) is 22.1 Å². The summed E-state index contributed by atoms with van der Waals surface area (Å²) in [6.07, 6.45) is 0.280. The number of nitrogens with one attached hydrogen (secondary N) is 1. The first-order valence-electron chi connectivity index (χ1n) is 7.85. The van der Waals surface area contributed by atoms with Gasteiger partial charge in [-0.25, -0.2) is 9.07 Å². The lowest BCUT2D eigenvalue weighted by atomic mass is 10.1. The van der Waals surface area contributed by atoms with E-state index in [1.54, 1.807) is 0 Å². The molecule has 1 aliphatic rings. The van der Waals surface area contributed by atoms with Gasteiger partial charge >= 0.3 is 6.55 Å². The molecule has 0 saturated carbocycles. The van der Waals surface area contributed by atoms with Crippen molar-refractivity contribution in [2.45, 2.75) is 32.2 Å². The number of nitrogens with zero attached hydrogens (tertiary/aromatic N) is 3. The first-order chi connectivity index (χ1) is 12.3. The number of alkyl halides is 2. The Bertz CT molecular complexity index is 826. The molecule has 1 aliphatic heterocycles. The van der Waals surface area contributed by atoms with E-state index >= 15 is 0 Å². The molecule has 1 aromatic heterocycles. The number of rotatable bonds is 5. The van der Waals surface area contributed by atoms with E-state index in [-0.39, 0.29) is 34.7 Å². The first-order valence-corrected chi connectivity index (χ1v) is 8.22. The van der Waals surface area contributed by atoms with Gasteiger partial charge in [-0.3, -0.25) is 4.99 Å². The molecule has 10 heteroatoms. The van der Waals surface area contributed by atoms with Gasteiger partial charge in [-0.15, -0.1) is 0 Å². The van der Waals surface area contributed by atoms with Crippen LogP contribution >= 0.6 is 11.6 Å². The minimum Gasteiger partial charge on any atom is -0.385 e. The number of aliphatic imine (C=N–C) groups is 1. The third-order valence-electron chi connectivity index (χ3n) is 3.84. The third-order valence-corrected chi connectivity index (χ3v) is 4.15. The number of benzene rings is 1. The quantitative estimate of drug-likeness (QED) is 0.823. The van der Waals surface area contributed by atoms with Gasteiger partial charge in [0, 0.05) is 17.4 Å². The van der Waals surface area contributed by atoms with Crippen molar-refractivity contribution < 1.29 is 17.9 Å². The number of nitrogens with two attached hydrogens (primary N) is 1. The molecule has 3 N–H and O–H groups in total. The summed E-state index contributed by atoms with van der Waals surface area (Å²) in [6.45, 7) is -0.495. The molecule has 0 amide bonds. The summed E-state index contributed by atoms with van der Waals surface area (Å²) in [5.74, 6) is -0.271. The van der Waals surface area contributed by atoms with Crippen molar-refractivity contribution in [3.05, 3.63) is 46.5 Å².